The second kappa shape index (κ2) is 13.6. The highest BCUT2D eigenvalue weighted by Crippen LogP contribution is 2.14. The standard InChI is InChI=1S/C23H40N4O2/c1-4-24-23(26-17-22(9-12-28)15-19(2)3)25-16-20-5-7-21(8-6-20)18-27-10-13-29-14-11-27/h5-8,19,22,28H,4,9-18H2,1-3H3,(H2,24,25,26). The van der Waals surface area contributed by atoms with Crippen LogP contribution in [0.5, 0.6) is 0 Å². The van der Waals surface area contributed by atoms with Crippen molar-refractivity contribution in [1.29, 1.82) is 0 Å². The SMILES string of the molecule is CCNC(=NCc1ccc(CN2CCOCC2)cc1)NCC(CCO)CC(C)C. The molecule has 0 radical (unpaired) electrons. The first-order valence-corrected chi connectivity index (χ1v) is 11.1. The minimum absolute atomic E-state index is 0.240. The van der Waals surface area contributed by atoms with Crippen LogP contribution >= 0.6 is 0 Å². The molecule has 29 heavy (non-hydrogen) atoms. The highest BCUT2D eigenvalue weighted by molar-refractivity contribution is 5.79. The van der Waals surface area contributed by atoms with Crippen LogP contribution in [0.1, 0.15) is 44.7 Å². The smallest absolute Gasteiger partial charge is 0.191 e. The van der Waals surface area contributed by atoms with Crippen molar-refractivity contribution in [3.8, 4) is 0 Å². The third-order valence-corrected chi connectivity index (χ3v) is 5.20. The van der Waals surface area contributed by atoms with E-state index in [1.54, 1.807) is 0 Å². The molecule has 1 aromatic carbocycles. The molecule has 0 spiro atoms. The van der Waals surface area contributed by atoms with Crippen LogP contribution < -0.4 is 10.6 Å². The average molecular weight is 405 g/mol. The van der Waals surface area contributed by atoms with Gasteiger partial charge in [-0.1, -0.05) is 38.1 Å². The molecule has 1 saturated heterocycles. The first kappa shape index (κ1) is 23.6. The summed E-state index contributed by atoms with van der Waals surface area (Å²) in [6.07, 6.45) is 1.94. The Morgan fingerprint density at radius 1 is 1.14 bits per heavy atom. The quantitative estimate of drug-likeness (QED) is 0.391. The van der Waals surface area contributed by atoms with E-state index in [0.717, 1.165) is 64.7 Å². The maximum atomic E-state index is 9.31. The van der Waals surface area contributed by atoms with Crippen LogP contribution in [0.2, 0.25) is 0 Å². The summed E-state index contributed by atoms with van der Waals surface area (Å²) >= 11 is 0. The van der Waals surface area contributed by atoms with Crippen LogP contribution in [-0.4, -0.2) is 62.0 Å². The molecular weight excluding hydrogens is 364 g/mol. The van der Waals surface area contributed by atoms with Crippen LogP contribution in [-0.2, 0) is 17.8 Å². The number of guanidine groups is 1. The molecule has 2 rings (SSSR count). The molecule has 1 aliphatic rings. The summed E-state index contributed by atoms with van der Waals surface area (Å²) in [4.78, 5) is 7.18. The number of morpholine rings is 1. The molecule has 1 heterocycles. The van der Waals surface area contributed by atoms with Crippen molar-refractivity contribution in [3.05, 3.63) is 35.4 Å². The van der Waals surface area contributed by atoms with Gasteiger partial charge in [0.25, 0.3) is 0 Å². The lowest BCUT2D eigenvalue weighted by atomic mass is 9.94. The Hall–Kier alpha value is -1.63. The van der Waals surface area contributed by atoms with Gasteiger partial charge in [-0.15, -0.1) is 0 Å². The van der Waals surface area contributed by atoms with E-state index in [2.05, 4.69) is 60.6 Å². The average Bonchev–Trinajstić information content (AvgIpc) is 2.71. The molecule has 1 fully saturated rings. The van der Waals surface area contributed by atoms with Gasteiger partial charge in [0.15, 0.2) is 5.96 Å². The Balaban J connectivity index is 1.86. The monoisotopic (exact) mass is 404 g/mol. The molecule has 1 aromatic rings. The number of ether oxygens (including phenoxy) is 1. The zero-order chi connectivity index (χ0) is 20.9. The molecule has 0 bridgehead atoms. The van der Waals surface area contributed by atoms with Gasteiger partial charge in [-0.2, -0.15) is 0 Å². The summed E-state index contributed by atoms with van der Waals surface area (Å²) in [5.41, 5.74) is 2.55. The van der Waals surface area contributed by atoms with Gasteiger partial charge in [0.2, 0.25) is 0 Å². The van der Waals surface area contributed by atoms with Gasteiger partial charge in [0.1, 0.15) is 0 Å². The first-order chi connectivity index (χ1) is 14.1. The summed E-state index contributed by atoms with van der Waals surface area (Å²) in [7, 11) is 0. The lowest BCUT2D eigenvalue weighted by Gasteiger charge is -2.26. The molecule has 6 heteroatoms. The van der Waals surface area contributed by atoms with E-state index >= 15 is 0 Å². The van der Waals surface area contributed by atoms with Crippen LogP contribution in [0.15, 0.2) is 29.3 Å². The van der Waals surface area contributed by atoms with Gasteiger partial charge in [-0.25, -0.2) is 4.99 Å². The number of aliphatic imine (C=N–C) groups is 1. The molecule has 1 atom stereocenters. The minimum Gasteiger partial charge on any atom is -0.396 e. The number of hydrogen-bond donors (Lipinski definition) is 3. The lowest BCUT2D eigenvalue weighted by Crippen LogP contribution is -2.40. The predicted octanol–water partition coefficient (Wildman–Crippen LogP) is 2.62. The molecule has 0 aromatic heterocycles. The Morgan fingerprint density at radius 3 is 2.45 bits per heavy atom. The Kier molecular flexibility index (Phi) is 11.1. The van der Waals surface area contributed by atoms with Crippen LogP contribution in [0.4, 0.5) is 0 Å². The van der Waals surface area contributed by atoms with E-state index in [0.29, 0.717) is 18.4 Å². The predicted molar refractivity (Wildman–Crippen MR) is 120 cm³/mol. The summed E-state index contributed by atoms with van der Waals surface area (Å²) in [5, 5.41) is 16.1. The summed E-state index contributed by atoms with van der Waals surface area (Å²) in [6, 6.07) is 8.77. The zero-order valence-corrected chi connectivity index (χ0v) is 18.5. The van der Waals surface area contributed by atoms with Crippen molar-refractivity contribution in [3.63, 3.8) is 0 Å². The third kappa shape index (κ3) is 9.61. The molecule has 3 N–H and O–H groups in total. The number of benzene rings is 1. The molecule has 6 nitrogen and oxygen atoms in total. The van der Waals surface area contributed by atoms with E-state index in [1.807, 2.05) is 0 Å². The maximum Gasteiger partial charge on any atom is 0.191 e. The maximum absolute atomic E-state index is 9.31. The highest BCUT2D eigenvalue weighted by Gasteiger charge is 2.12. The molecule has 0 aliphatic carbocycles. The van der Waals surface area contributed by atoms with E-state index in [-0.39, 0.29) is 6.61 Å². The lowest BCUT2D eigenvalue weighted by molar-refractivity contribution is 0.0342. The number of aliphatic hydroxyl groups excluding tert-OH is 1. The minimum atomic E-state index is 0.240. The normalized spacial score (nSPS) is 16.8. The molecule has 0 amide bonds. The fourth-order valence-corrected chi connectivity index (χ4v) is 3.67. The van der Waals surface area contributed by atoms with Crippen molar-refractivity contribution < 1.29 is 9.84 Å². The van der Waals surface area contributed by atoms with E-state index in [1.165, 1.54) is 11.1 Å². The van der Waals surface area contributed by atoms with Gasteiger partial charge >= 0.3 is 0 Å². The molecule has 1 aliphatic heterocycles. The third-order valence-electron chi connectivity index (χ3n) is 5.20. The van der Waals surface area contributed by atoms with Crippen molar-refractivity contribution >= 4 is 5.96 Å². The van der Waals surface area contributed by atoms with E-state index in [4.69, 9.17) is 9.73 Å². The van der Waals surface area contributed by atoms with Gasteiger partial charge in [0, 0.05) is 39.3 Å². The molecular formula is C23H40N4O2. The van der Waals surface area contributed by atoms with Crippen molar-refractivity contribution in [2.24, 2.45) is 16.8 Å². The van der Waals surface area contributed by atoms with Gasteiger partial charge < -0.3 is 20.5 Å². The number of hydrogen-bond acceptors (Lipinski definition) is 4. The van der Waals surface area contributed by atoms with Gasteiger partial charge in [0.05, 0.1) is 19.8 Å². The van der Waals surface area contributed by atoms with Crippen LogP contribution in [0.3, 0.4) is 0 Å². The number of nitrogens with one attached hydrogen (secondary N) is 2. The van der Waals surface area contributed by atoms with Gasteiger partial charge in [-0.05, 0) is 42.7 Å². The highest BCUT2D eigenvalue weighted by atomic mass is 16.5. The van der Waals surface area contributed by atoms with E-state index in [9.17, 15) is 5.11 Å². The Morgan fingerprint density at radius 2 is 1.83 bits per heavy atom. The summed E-state index contributed by atoms with van der Waals surface area (Å²) in [6.45, 7) is 13.8. The van der Waals surface area contributed by atoms with E-state index < -0.39 is 0 Å². The van der Waals surface area contributed by atoms with Crippen molar-refractivity contribution in [2.45, 2.75) is 46.7 Å². The number of aliphatic hydroxyl groups is 1. The first-order valence-electron chi connectivity index (χ1n) is 11.1. The largest absolute Gasteiger partial charge is 0.396 e. The topological polar surface area (TPSA) is 69.1 Å². The Bertz CT molecular complexity index is 583. The fraction of sp³-hybridized carbons (Fsp3) is 0.696. The number of rotatable bonds is 11. The van der Waals surface area contributed by atoms with Crippen LogP contribution in [0, 0.1) is 11.8 Å². The molecule has 164 valence electrons. The molecule has 1 unspecified atom stereocenters. The summed E-state index contributed by atoms with van der Waals surface area (Å²) in [5.74, 6) is 1.93. The van der Waals surface area contributed by atoms with Crippen molar-refractivity contribution in [2.75, 3.05) is 46.0 Å². The zero-order valence-electron chi connectivity index (χ0n) is 18.5. The molecule has 0 saturated carbocycles. The second-order valence-corrected chi connectivity index (χ2v) is 8.29. The fourth-order valence-electron chi connectivity index (χ4n) is 3.67. The second-order valence-electron chi connectivity index (χ2n) is 8.29. The number of nitrogens with zero attached hydrogens (tertiary/aromatic N) is 2. The van der Waals surface area contributed by atoms with Crippen LogP contribution in [0.25, 0.3) is 0 Å². The van der Waals surface area contributed by atoms with Gasteiger partial charge in [-0.3, -0.25) is 4.90 Å². The Labute approximate surface area is 176 Å². The summed E-state index contributed by atoms with van der Waals surface area (Å²) < 4.78 is 5.42. The van der Waals surface area contributed by atoms with Crippen molar-refractivity contribution in [1.82, 2.24) is 15.5 Å².